The van der Waals surface area contributed by atoms with Crippen molar-refractivity contribution >= 4 is 5.78 Å². The number of carbonyl (C=O) groups excluding carboxylic acids is 1. The van der Waals surface area contributed by atoms with Crippen molar-refractivity contribution in [1.82, 2.24) is 15.2 Å². The summed E-state index contributed by atoms with van der Waals surface area (Å²) in [5, 5.41) is 6.04. The molecule has 0 amide bonds. The van der Waals surface area contributed by atoms with Crippen LogP contribution in [0.2, 0.25) is 0 Å². The van der Waals surface area contributed by atoms with E-state index in [1.165, 1.54) is 18.9 Å². The number of nitrogens with zero attached hydrogens (tertiary/aromatic N) is 2. The highest BCUT2D eigenvalue weighted by molar-refractivity contribution is 6.06. The van der Waals surface area contributed by atoms with E-state index in [1.807, 2.05) is 0 Å². The number of furan rings is 1. The van der Waals surface area contributed by atoms with E-state index >= 15 is 0 Å². The molecule has 2 aromatic heterocycles. The number of H-pyrrole nitrogens is 1. The number of carbonyl (C=O) groups is 1. The largest absolute Gasteiger partial charge is 0.472 e. The summed E-state index contributed by atoms with van der Waals surface area (Å²) < 4.78 is 4.75. The van der Waals surface area contributed by atoms with Gasteiger partial charge in [-0.05, 0) is 6.07 Å². The third-order valence-electron chi connectivity index (χ3n) is 1.41. The van der Waals surface area contributed by atoms with Gasteiger partial charge in [0.05, 0.1) is 11.8 Å². The van der Waals surface area contributed by atoms with Gasteiger partial charge >= 0.3 is 0 Å². The number of hydrogen-bond donors (Lipinski definition) is 1. The summed E-state index contributed by atoms with van der Waals surface area (Å²) in [5.74, 6) is -0.00218. The van der Waals surface area contributed by atoms with Crippen molar-refractivity contribution in [3.8, 4) is 0 Å². The molecule has 0 fully saturated rings. The van der Waals surface area contributed by atoms with Crippen molar-refractivity contribution in [2.24, 2.45) is 0 Å². The molecular weight excluding hydrogens is 158 g/mol. The van der Waals surface area contributed by atoms with Crippen molar-refractivity contribution in [1.29, 1.82) is 0 Å². The molecule has 12 heavy (non-hydrogen) atoms. The molecule has 0 saturated heterocycles. The Morgan fingerprint density at radius 1 is 1.58 bits per heavy atom. The molecule has 2 rings (SSSR count). The summed E-state index contributed by atoms with van der Waals surface area (Å²) >= 11 is 0. The summed E-state index contributed by atoms with van der Waals surface area (Å²) in [6.07, 6.45) is 4.09. The number of rotatable bonds is 2. The molecule has 0 aliphatic heterocycles. The first kappa shape index (κ1) is 6.78. The van der Waals surface area contributed by atoms with Crippen LogP contribution in [-0.2, 0) is 0 Å². The first-order valence-electron chi connectivity index (χ1n) is 3.30. The molecule has 0 unspecified atom stereocenters. The summed E-state index contributed by atoms with van der Waals surface area (Å²) in [4.78, 5) is 15.1. The monoisotopic (exact) mass is 163 g/mol. The predicted octanol–water partition coefficient (Wildman–Crippen LogP) is 0.629. The lowest BCUT2D eigenvalue weighted by atomic mass is 10.2. The number of aromatic nitrogens is 3. The fourth-order valence-electron chi connectivity index (χ4n) is 0.845. The lowest BCUT2D eigenvalue weighted by Gasteiger charge is -1.87. The first-order chi connectivity index (χ1) is 5.88. The van der Waals surface area contributed by atoms with Gasteiger partial charge in [-0.3, -0.25) is 9.89 Å². The van der Waals surface area contributed by atoms with Gasteiger partial charge in [-0.25, -0.2) is 4.98 Å². The second-order valence-corrected chi connectivity index (χ2v) is 2.18. The van der Waals surface area contributed by atoms with E-state index in [2.05, 4.69) is 15.2 Å². The molecule has 0 bridgehead atoms. The van der Waals surface area contributed by atoms with E-state index < -0.39 is 0 Å². The second-order valence-electron chi connectivity index (χ2n) is 2.18. The Morgan fingerprint density at radius 3 is 3.08 bits per heavy atom. The zero-order valence-corrected chi connectivity index (χ0v) is 6.02. The van der Waals surface area contributed by atoms with Crippen LogP contribution in [0.4, 0.5) is 0 Å². The van der Waals surface area contributed by atoms with Gasteiger partial charge in [0, 0.05) is 0 Å². The van der Waals surface area contributed by atoms with E-state index in [9.17, 15) is 4.79 Å². The number of ketones is 1. The fourth-order valence-corrected chi connectivity index (χ4v) is 0.845. The highest BCUT2D eigenvalue weighted by atomic mass is 16.3. The number of aromatic amines is 1. The molecule has 0 saturated carbocycles. The minimum atomic E-state index is -0.221. The molecule has 1 N–H and O–H groups in total. The van der Waals surface area contributed by atoms with Gasteiger partial charge in [-0.15, -0.1) is 0 Å². The number of hydrogen-bond acceptors (Lipinski definition) is 4. The van der Waals surface area contributed by atoms with E-state index in [4.69, 9.17) is 4.42 Å². The van der Waals surface area contributed by atoms with Crippen LogP contribution in [0.1, 0.15) is 16.2 Å². The van der Waals surface area contributed by atoms with Crippen LogP contribution in [-0.4, -0.2) is 21.0 Å². The van der Waals surface area contributed by atoms with Gasteiger partial charge in [0.25, 0.3) is 0 Å². The van der Waals surface area contributed by atoms with Gasteiger partial charge in [-0.1, -0.05) is 0 Å². The Hall–Kier alpha value is -1.91. The molecule has 5 nitrogen and oxygen atoms in total. The van der Waals surface area contributed by atoms with Gasteiger partial charge in [-0.2, -0.15) is 5.10 Å². The summed E-state index contributed by atoms with van der Waals surface area (Å²) in [6.45, 7) is 0. The Morgan fingerprint density at radius 2 is 2.50 bits per heavy atom. The van der Waals surface area contributed by atoms with Gasteiger partial charge in [0.15, 0.2) is 5.82 Å². The predicted molar refractivity (Wildman–Crippen MR) is 38.5 cm³/mol. The third kappa shape index (κ3) is 1.01. The van der Waals surface area contributed by atoms with Crippen LogP contribution in [0.5, 0.6) is 0 Å². The van der Waals surface area contributed by atoms with Crippen molar-refractivity contribution in [3.63, 3.8) is 0 Å². The van der Waals surface area contributed by atoms with Gasteiger partial charge in [0.1, 0.15) is 12.6 Å². The maximum Gasteiger partial charge on any atom is 0.232 e. The molecule has 0 aliphatic carbocycles. The zero-order chi connectivity index (χ0) is 8.39. The average molecular weight is 163 g/mol. The smallest absolute Gasteiger partial charge is 0.232 e. The Bertz CT molecular complexity index is 327. The van der Waals surface area contributed by atoms with E-state index in [-0.39, 0.29) is 11.6 Å². The van der Waals surface area contributed by atoms with E-state index in [0.717, 1.165) is 0 Å². The summed E-state index contributed by atoms with van der Waals surface area (Å²) in [6, 6.07) is 1.57. The van der Waals surface area contributed by atoms with Crippen LogP contribution in [0, 0.1) is 0 Å². The lowest BCUT2D eigenvalue weighted by molar-refractivity contribution is 0.102. The molecule has 0 spiro atoms. The second kappa shape index (κ2) is 2.61. The van der Waals surface area contributed by atoms with E-state index in [1.54, 1.807) is 6.07 Å². The zero-order valence-electron chi connectivity index (χ0n) is 6.02. The van der Waals surface area contributed by atoms with Gasteiger partial charge in [0.2, 0.25) is 5.78 Å². The summed E-state index contributed by atoms with van der Waals surface area (Å²) in [5.41, 5.74) is 0.465. The normalized spacial score (nSPS) is 10.0. The van der Waals surface area contributed by atoms with Crippen molar-refractivity contribution in [2.75, 3.05) is 0 Å². The van der Waals surface area contributed by atoms with Crippen LogP contribution in [0.25, 0.3) is 0 Å². The standard InChI is InChI=1S/C7H5N3O2/c11-6(5-1-2-12-3-5)7-8-4-9-10-7/h1-4H,(H,8,9,10). The van der Waals surface area contributed by atoms with E-state index in [0.29, 0.717) is 5.56 Å². The Balaban J connectivity index is 2.34. The molecular formula is C7H5N3O2. The maximum absolute atomic E-state index is 11.4. The molecule has 0 atom stereocenters. The van der Waals surface area contributed by atoms with Crippen LogP contribution in [0.3, 0.4) is 0 Å². The quantitative estimate of drug-likeness (QED) is 0.659. The minimum absolute atomic E-state index is 0.219. The molecule has 0 aromatic carbocycles. The lowest BCUT2D eigenvalue weighted by Crippen LogP contribution is -2.01. The Labute approximate surface area is 67.4 Å². The van der Waals surface area contributed by atoms with Crippen molar-refractivity contribution in [3.05, 3.63) is 36.3 Å². The van der Waals surface area contributed by atoms with Crippen molar-refractivity contribution < 1.29 is 9.21 Å². The van der Waals surface area contributed by atoms with Gasteiger partial charge < -0.3 is 4.42 Å². The molecule has 0 aliphatic rings. The SMILES string of the molecule is O=C(c1ccoc1)c1ncn[nH]1. The van der Waals surface area contributed by atoms with Crippen LogP contribution in [0.15, 0.2) is 29.3 Å². The summed E-state index contributed by atoms with van der Waals surface area (Å²) in [7, 11) is 0. The molecule has 2 heterocycles. The average Bonchev–Trinajstić information content (AvgIpc) is 2.77. The molecule has 0 radical (unpaired) electrons. The minimum Gasteiger partial charge on any atom is -0.472 e. The highest BCUT2D eigenvalue weighted by Crippen LogP contribution is 2.04. The molecule has 60 valence electrons. The Kier molecular flexibility index (Phi) is 1.48. The first-order valence-corrected chi connectivity index (χ1v) is 3.30. The van der Waals surface area contributed by atoms with Crippen LogP contribution >= 0.6 is 0 Å². The topological polar surface area (TPSA) is 71.8 Å². The van der Waals surface area contributed by atoms with Crippen LogP contribution < -0.4 is 0 Å². The molecule has 2 aromatic rings. The fraction of sp³-hybridized carbons (Fsp3) is 0. The third-order valence-corrected chi connectivity index (χ3v) is 1.41. The highest BCUT2D eigenvalue weighted by Gasteiger charge is 2.11. The maximum atomic E-state index is 11.4. The molecule has 5 heteroatoms. The number of nitrogens with one attached hydrogen (secondary N) is 1. The van der Waals surface area contributed by atoms with Crippen molar-refractivity contribution in [2.45, 2.75) is 0 Å².